The van der Waals surface area contributed by atoms with Crippen molar-refractivity contribution in [2.75, 3.05) is 0 Å². The SMILES string of the molecule is CCC1(CC)OC(=O)[C@@]1(Cl)CC. The minimum Gasteiger partial charge on any atom is -0.455 e. The number of ether oxygens (including phenoxy) is 1. The van der Waals surface area contributed by atoms with Crippen LogP contribution in [0, 0.1) is 0 Å². The summed E-state index contributed by atoms with van der Waals surface area (Å²) in [5, 5.41) is 0. The average molecular weight is 191 g/mol. The molecular weight excluding hydrogens is 176 g/mol. The lowest BCUT2D eigenvalue weighted by atomic mass is 9.75. The van der Waals surface area contributed by atoms with Gasteiger partial charge in [-0.25, -0.2) is 4.79 Å². The minimum absolute atomic E-state index is 0.254. The molecule has 0 amide bonds. The first kappa shape index (κ1) is 9.85. The number of hydrogen-bond donors (Lipinski definition) is 0. The molecule has 0 aromatic rings. The van der Waals surface area contributed by atoms with Crippen LogP contribution in [0.2, 0.25) is 0 Å². The molecule has 0 aromatic carbocycles. The van der Waals surface area contributed by atoms with Crippen LogP contribution in [0.5, 0.6) is 0 Å². The summed E-state index contributed by atoms with van der Waals surface area (Å²) in [7, 11) is 0. The fourth-order valence-corrected chi connectivity index (χ4v) is 2.24. The van der Waals surface area contributed by atoms with Crippen molar-refractivity contribution in [3.05, 3.63) is 0 Å². The van der Waals surface area contributed by atoms with E-state index in [-0.39, 0.29) is 5.97 Å². The van der Waals surface area contributed by atoms with E-state index < -0.39 is 10.5 Å². The smallest absolute Gasteiger partial charge is 0.332 e. The zero-order chi connectivity index (χ0) is 9.41. The Labute approximate surface area is 78.2 Å². The molecule has 0 radical (unpaired) electrons. The second-order valence-electron chi connectivity index (χ2n) is 3.25. The molecule has 70 valence electrons. The lowest BCUT2D eigenvalue weighted by Gasteiger charge is -2.52. The summed E-state index contributed by atoms with van der Waals surface area (Å²) in [5.74, 6) is -0.254. The molecular formula is C9H15ClO2. The van der Waals surface area contributed by atoms with Gasteiger partial charge in [-0.05, 0) is 19.3 Å². The number of carbonyl (C=O) groups excluding carboxylic acids is 1. The molecule has 0 aromatic heterocycles. The number of halogens is 1. The van der Waals surface area contributed by atoms with Crippen molar-refractivity contribution < 1.29 is 9.53 Å². The Morgan fingerprint density at radius 2 is 1.75 bits per heavy atom. The molecule has 0 N–H and O–H groups in total. The third-order valence-electron chi connectivity index (χ3n) is 2.96. The van der Waals surface area contributed by atoms with Crippen molar-refractivity contribution >= 4 is 17.6 Å². The molecule has 1 atom stereocenters. The van der Waals surface area contributed by atoms with Crippen LogP contribution < -0.4 is 0 Å². The Hall–Kier alpha value is -0.240. The van der Waals surface area contributed by atoms with Crippen LogP contribution in [0.15, 0.2) is 0 Å². The van der Waals surface area contributed by atoms with Crippen LogP contribution in [-0.4, -0.2) is 16.4 Å². The van der Waals surface area contributed by atoms with Gasteiger partial charge < -0.3 is 4.74 Å². The molecule has 1 heterocycles. The minimum atomic E-state index is -0.753. The second kappa shape index (κ2) is 2.91. The van der Waals surface area contributed by atoms with Gasteiger partial charge in [0.25, 0.3) is 0 Å². The lowest BCUT2D eigenvalue weighted by Crippen LogP contribution is -2.68. The first-order valence-corrected chi connectivity index (χ1v) is 4.86. The fourth-order valence-electron chi connectivity index (χ4n) is 1.90. The zero-order valence-corrected chi connectivity index (χ0v) is 8.57. The van der Waals surface area contributed by atoms with Crippen LogP contribution >= 0.6 is 11.6 Å². The quantitative estimate of drug-likeness (QED) is 0.505. The summed E-state index contributed by atoms with van der Waals surface area (Å²) >= 11 is 6.19. The van der Waals surface area contributed by atoms with E-state index in [1.807, 2.05) is 20.8 Å². The van der Waals surface area contributed by atoms with E-state index in [0.29, 0.717) is 6.42 Å². The summed E-state index contributed by atoms with van der Waals surface area (Å²) in [6, 6.07) is 0. The fraction of sp³-hybridized carbons (Fsp3) is 0.889. The Bertz CT molecular complexity index is 199. The van der Waals surface area contributed by atoms with Crippen molar-refractivity contribution in [2.24, 2.45) is 0 Å². The van der Waals surface area contributed by atoms with Crippen LogP contribution in [0.1, 0.15) is 40.0 Å². The summed E-state index contributed by atoms with van der Waals surface area (Å²) in [4.78, 5) is 10.4. The van der Waals surface area contributed by atoms with Gasteiger partial charge in [0.2, 0.25) is 0 Å². The first-order valence-electron chi connectivity index (χ1n) is 4.48. The van der Waals surface area contributed by atoms with Crippen molar-refractivity contribution in [1.82, 2.24) is 0 Å². The molecule has 1 rings (SSSR count). The van der Waals surface area contributed by atoms with E-state index in [1.54, 1.807) is 0 Å². The molecule has 3 heteroatoms. The third kappa shape index (κ3) is 0.905. The van der Waals surface area contributed by atoms with E-state index in [2.05, 4.69) is 0 Å². The topological polar surface area (TPSA) is 26.3 Å². The van der Waals surface area contributed by atoms with E-state index in [1.165, 1.54) is 0 Å². The highest BCUT2D eigenvalue weighted by Gasteiger charge is 2.65. The number of hydrogen-bond acceptors (Lipinski definition) is 2. The molecule has 2 nitrogen and oxygen atoms in total. The van der Waals surface area contributed by atoms with Gasteiger partial charge in [-0.2, -0.15) is 0 Å². The Morgan fingerprint density at radius 3 is 1.92 bits per heavy atom. The van der Waals surface area contributed by atoms with Gasteiger partial charge >= 0.3 is 5.97 Å². The normalized spacial score (nSPS) is 32.5. The Balaban J connectivity index is 2.88. The van der Waals surface area contributed by atoms with Crippen molar-refractivity contribution in [2.45, 2.75) is 50.5 Å². The number of cyclic esters (lactones) is 1. The molecule has 0 aliphatic carbocycles. The summed E-state index contributed by atoms with van der Waals surface area (Å²) in [5.41, 5.74) is -0.402. The van der Waals surface area contributed by atoms with Gasteiger partial charge in [-0.3, -0.25) is 0 Å². The molecule has 0 bridgehead atoms. The second-order valence-corrected chi connectivity index (χ2v) is 3.89. The molecule has 1 aliphatic heterocycles. The van der Waals surface area contributed by atoms with Crippen molar-refractivity contribution in [3.8, 4) is 0 Å². The van der Waals surface area contributed by atoms with Gasteiger partial charge in [-0.1, -0.05) is 20.8 Å². The number of alkyl halides is 1. The maximum absolute atomic E-state index is 11.2. The van der Waals surface area contributed by atoms with Crippen LogP contribution in [0.3, 0.4) is 0 Å². The largest absolute Gasteiger partial charge is 0.455 e. The van der Waals surface area contributed by atoms with Gasteiger partial charge in [0.15, 0.2) is 4.87 Å². The molecule has 0 spiro atoms. The highest BCUT2D eigenvalue weighted by molar-refractivity contribution is 6.37. The third-order valence-corrected chi connectivity index (χ3v) is 3.73. The summed E-state index contributed by atoms with van der Waals surface area (Å²) < 4.78 is 5.16. The van der Waals surface area contributed by atoms with Crippen LogP contribution in [-0.2, 0) is 9.53 Å². The number of carbonyl (C=O) groups is 1. The Kier molecular flexibility index (Phi) is 2.39. The summed E-state index contributed by atoms with van der Waals surface area (Å²) in [6.45, 7) is 5.93. The lowest BCUT2D eigenvalue weighted by molar-refractivity contribution is -0.208. The maximum atomic E-state index is 11.2. The average Bonchev–Trinajstić information content (AvgIpc) is 2.12. The van der Waals surface area contributed by atoms with E-state index in [4.69, 9.17) is 16.3 Å². The van der Waals surface area contributed by atoms with Crippen LogP contribution in [0.4, 0.5) is 0 Å². The molecule has 1 aliphatic rings. The molecule has 1 fully saturated rings. The molecule has 0 unspecified atom stereocenters. The molecule has 0 saturated carbocycles. The highest BCUT2D eigenvalue weighted by Crippen LogP contribution is 2.50. The first-order chi connectivity index (χ1) is 5.56. The Morgan fingerprint density at radius 1 is 1.25 bits per heavy atom. The molecule has 1 saturated heterocycles. The van der Waals surface area contributed by atoms with E-state index >= 15 is 0 Å². The van der Waals surface area contributed by atoms with Gasteiger partial charge in [-0.15, -0.1) is 11.6 Å². The predicted molar refractivity (Wildman–Crippen MR) is 48.3 cm³/mol. The monoisotopic (exact) mass is 190 g/mol. The van der Waals surface area contributed by atoms with Crippen LogP contribution in [0.25, 0.3) is 0 Å². The van der Waals surface area contributed by atoms with Gasteiger partial charge in [0, 0.05) is 0 Å². The predicted octanol–water partition coefficient (Wildman–Crippen LogP) is 2.49. The standard InChI is InChI=1S/C9H15ClO2/c1-4-8(5-2)9(10,6-3)7(11)12-8/h4-6H2,1-3H3/t9-/m0/s1. The number of esters is 1. The van der Waals surface area contributed by atoms with E-state index in [0.717, 1.165) is 12.8 Å². The van der Waals surface area contributed by atoms with Crippen molar-refractivity contribution in [1.29, 1.82) is 0 Å². The highest BCUT2D eigenvalue weighted by atomic mass is 35.5. The van der Waals surface area contributed by atoms with Gasteiger partial charge in [0.05, 0.1) is 0 Å². The summed E-state index contributed by atoms with van der Waals surface area (Å²) in [6.07, 6.45) is 2.24. The molecule has 12 heavy (non-hydrogen) atoms. The van der Waals surface area contributed by atoms with Gasteiger partial charge in [0.1, 0.15) is 5.60 Å². The van der Waals surface area contributed by atoms with Crippen molar-refractivity contribution in [3.63, 3.8) is 0 Å². The zero-order valence-electron chi connectivity index (χ0n) is 7.82. The number of rotatable bonds is 3. The van der Waals surface area contributed by atoms with E-state index in [9.17, 15) is 4.79 Å². The maximum Gasteiger partial charge on any atom is 0.332 e.